The highest BCUT2D eigenvalue weighted by atomic mass is 16.4. The highest BCUT2D eigenvalue weighted by molar-refractivity contribution is 5.86. The number of rotatable bonds is 4. The topological polar surface area (TPSA) is 40.5 Å². The van der Waals surface area contributed by atoms with Crippen LogP contribution in [0.4, 0.5) is 0 Å². The van der Waals surface area contributed by atoms with Crippen LogP contribution in [0, 0.1) is 0 Å². The van der Waals surface area contributed by atoms with Crippen molar-refractivity contribution in [2.75, 3.05) is 19.6 Å². The van der Waals surface area contributed by atoms with E-state index in [0.29, 0.717) is 12.0 Å². The van der Waals surface area contributed by atoms with Crippen LogP contribution in [0.5, 0.6) is 0 Å². The van der Waals surface area contributed by atoms with Gasteiger partial charge in [0, 0.05) is 18.7 Å². The average molecular weight is 183 g/mol. The quantitative estimate of drug-likeness (QED) is 0.718. The summed E-state index contributed by atoms with van der Waals surface area (Å²) in [6.45, 7) is 4.97. The maximum Gasteiger partial charge on any atom is 0.331 e. The van der Waals surface area contributed by atoms with Crippen LogP contribution in [0.2, 0.25) is 0 Å². The molecular formula is C10H17NO2. The molecule has 0 aromatic carbocycles. The molecule has 1 N–H and O–H groups in total. The SMILES string of the molecule is CCCCN1CC=C(C(=O)O)CC1. The second kappa shape index (κ2) is 5.02. The third-order valence-electron chi connectivity index (χ3n) is 2.40. The Morgan fingerprint density at radius 2 is 2.46 bits per heavy atom. The average Bonchev–Trinajstić information content (AvgIpc) is 2.15. The Labute approximate surface area is 79.0 Å². The number of aliphatic carboxylic acids is 1. The summed E-state index contributed by atoms with van der Waals surface area (Å²) in [5.41, 5.74) is 0.577. The minimum atomic E-state index is -0.754. The maximum absolute atomic E-state index is 10.6. The Morgan fingerprint density at radius 3 is 2.92 bits per heavy atom. The van der Waals surface area contributed by atoms with Gasteiger partial charge in [-0.1, -0.05) is 19.4 Å². The Bertz CT molecular complexity index is 211. The summed E-state index contributed by atoms with van der Waals surface area (Å²) in [5, 5.41) is 8.71. The largest absolute Gasteiger partial charge is 0.478 e. The van der Waals surface area contributed by atoms with Gasteiger partial charge in [0.1, 0.15) is 0 Å². The van der Waals surface area contributed by atoms with Crippen molar-refractivity contribution >= 4 is 5.97 Å². The van der Waals surface area contributed by atoms with E-state index in [1.54, 1.807) is 0 Å². The summed E-state index contributed by atoms with van der Waals surface area (Å²) in [6.07, 6.45) is 4.93. The number of carboxylic acids is 1. The molecule has 0 fully saturated rings. The van der Waals surface area contributed by atoms with Gasteiger partial charge in [-0.15, -0.1) is 0 Å². The first-order valence-electron chi connectivity index (χ1n) is 4.88. The molecular weight excluding hydrogens is 166 g/mol. The predicted molar refractivity (Wildman–Crippen MR) is 51.7 cm³/mol. The van der Waals surface area contributed by atoms with E-state index in [1.807, 2.05) is 6.08 Å². The van der Waals surface area contributed by atoms with Crippen molar-refractivity contribution in [1.29, 1.82) is 0 Å². The van der Waals surface area contributed by atoms with Crippen molar-refractivity contribution in [2.24, 2.45) is 0 Å². The third kappa shape index (κ3) is 3.19. The second-order valence-corrected chi connectivity index (χ2v) is 3.44. The molecule has 1 heterocycles. The predicted octanol–water partition coefficient (Wildman–Crippen LogP) is 1.50. The zero-order valence-corrected chi connectivity index (χ0v) is 8.12. The number of hydrogen-bond donors (Lipinski definition) is 1. The minimum absolute atomic E-state index is 0.577. The van der Waals surface area contributed by atoms with Gasteiger partial charge in [0.2, 0.25) is 0 Å². The lowest BCUT2D eigenvalue weighted by Crippen LogP contribution is -2.31. The monoisotopic (exact) mass is 183 g/mol. The smallest absolute Gasteiger partial charge is 0.331 e. The molecule has 0 saturated carbocycles. The lowest BCUT2D eigenvalue weighted by molar-refractivity contribution is -0.133. The fraction of sp³-hybridized carbons (Fsp3) is 0.700. The van der Waals surface area contributed by atoms with E-state index in [1.165, 1.54) is 12.8 Å². The normalized spacial score (nSPS) is 18.4. The van der Waals surface area contributed by atoms with E-state index in [4.69, 9.17) is 5.11 Å². The molecule has 0 saturated heterocycles. The molecule has 74 valence electrons. The molecule has 0 unspecified atom stereocenters. The van der Waals surface area contributed by atoms with Gasteiger partial charge in [-0.25, -0.2) is 4.79 Å². The summed E-state index contributed by atoms with van der Waals surface area (Å²) in [5.74, 6) is -0.754. The zero-order valence-electron chi connectivity index (χ0n) is 8.12. The molecule has 3 nitrogen and oxygen atoms in total. The van der Waals surface area contributed by atoms with Crippen molar-refractivity contribution < 1.29 is 9.90 Å². The Kier molecular flexibility index (Phi) is 3.96. The summed E-state index contributed by atoms with van der Waals surface area (Å²) >= 11 is 0. The van der Waals surface area contributed by atoms with Crippen LogP contribution in [0.1, 0.15) is 26.2 Å². The van der Waals surface area contributed by atoms with E-state index >= 15 is 0 Å². The fourth-order valence-corrected chi connectivity index (χ4v) is 1.49. The molecule has 0 atom stereocenters. The van der Waals surface area contributed by atoms with E-state index in [0.717, 1.165) is 19.6 Å². The summed E-state index contributed by atoms with van der Waals surface area (Å²) < 4.78 is 0. The molecule has 0 aromatic rings. The first-order chi connectivity index (χ1) is 6.24. The molecule has 13 heavy (non-hydrogen) atoms. The Hall–Kier alpha value is -0.830. The molecule has 3 heteroatoms. The lowest BCUT2D eigenvalue weighted by Gasteiger charge is -2.24. The van der Waals surface area contributed by atoms with Crippen molar-refractivity contribution in [2.45, 2.75) is 26.2 Å². The van der Waals surface area contributed by atoms with Gasteiger partial charge in [0.15, 0.2) is 0 Å². The maximum atomic E-state index is 10.6. The number of carbonyl (C=O) groups is 1. The summed E-state index contributed by atoms with van der Waals surface area (Å²) in [7, 11) is 0. The lowest BCUT2D eigenvalue weighted by atomic mass is 10.1. The van der Waals surface area contributed by atoms with Gasteiger partial charge in [-0.2, -0.15) is 0 Å². The fourth-order valence-electron chi connectivity index (χ4n) is 1.49. The van der Waals surface area contributed by atoms with Crippen LogP contribution in [0.25, 0.3) is 0 Å². The van der Waals surface area contributed by atoms with Gasteiger partial charge in [0.25, 0.3) is 0 Å². The molecule has 0 aliphatic carbocycles. The van der Waals surface area contributed by atoms with Crippen LogP contribution < -0.4 is 0 Å². The number of unbranched alkanes of at least 4 members (excludes halogenated alkanes) is 1. The van der Waals surface area contributed by atoms with Crippen LogP contribution in [-0.2, 0) is 4.79 Å². The highest BCUT2D eigenvalue weighted by Gasteiger charge is 2.14. The number of hydrogen-bond acceptors (Lipinski definition) is 2. The summed E-state index contributed by atoms with van der Waals surface area (Å²) in [6, 6.07) is 0. The molecule has 0 radical (unpaired) electrons. The van der Waals surface area contributed by atoms with Gasteiger partial charge in [-0.3, -0.25) is 4.90 Å². The molecule has 0 spiro atoms. The van der Waals surface area contributed by atoms with Gasteiger partial charge >= 0.3 is 5.97 Å². The van der Waals surface area contributed by atoms with Crippen LogP contribution in [0.15, 0.2) is 11.6 Å². The number of carboxylic acid groups (broad SMARTS) is 1. The first kappa shape index (κ1) is 10.3. The molecule has 1 rings (SSSR count). The van der Waals surface area contributed by atoms with Gasteiger partial charge in [-0.05, 0) is 19.4 Å². The van der Waals surface area contributed by atoms with Gasteiger partial charge < -0.3 is 5.11 Å². The minimum Gasteiger partial charge on any atom is -0.478 e. The second-order valence-electron chi connectivity index (χ2n) is 3.44. The van der Waals surface area contributed by atoms with Crippen LogP contribution >= 0.6 is 0 Å². The van der Waals surface area contributed by atoms with Gasteiger partial charge in [0.05, 0.1) is 0 Å². The molecule has 0 amide bonds. The van der Waals surface area contributed by atoms with Crippen molar-refractivity contribution in [3.63, 3.8) is 0 Å². The highest BCUT2D eigenvalue weighted by Crippen LogP contribution is 2.11. The first-order valence-corrected chi connectivity index (χ1v) is 4.88. The molecule has 0 bridgehead atoms. The van der Waals surface area contributed by atoms with Crippen LogP contribution in [-0.4, -0.2) is 35.6 Å². The molecule has 1 aliphatic rings. The summed E-state index contributed by atoms with van der Waals surface area (Å²) in [4.78, 5) is 12.9. The van der Waals surface area contributed by atoms with E-state index in [-0.39, 0.29) is 0 Å². The van der Waals surface area contributed by atoms with Crippen LogP contribution in [0.3, 0.4) is 0 Å². The Morgan fingerprint density at radius 1 is 1.69 bits per heavy atom. The van der Waals surface area contributed by atoms with E-state index in [2.05, 4.69) is 11.8 Å². The van der Waals surface area contributed by atoms with Crippen molar-refractivity contribution in [1.82, 2.24) is 4.90 Å². The molecule has 1 aliphatic heterocycles. The van der Waals surface area contributed by atoms with Crippen molar-refractivity contribution in [3.05, 3.63) is 11.6 Å². The third-order valence-corrected chi connectivity index (χ3v) is 2.40. The van der Waals surface area contributed by atoms with E-state index in [9.17, 15) is 4.79 Å². The molecule has 0 aromatic heterocycles. The standard InChI is InChI=1S/C10H17NO2/c1-2-3-6-11-7-4-9(5-8-11)10(12)13/h4H,2-3,5-8H2,1H3,(H,12,13). The van der Waals surface area contributed by atoms with E-state index < -0.39 is 5.97 Å². The van der Waals surface area contributed by atoms with Crippen molar-refractivity contribution in [3.8, 4) is 0 Å². The zero-order chi connectivity index (χ0) is 9.68. The number of nitrogens with zero attached hydrogens (tertiary/aromatic N) is 1. The Balaban J connectivity index is 2.33.